The molecular formula is C27H27N7OS. The van der Waals surface area contributed by atoms with Gasteiger partial charge in [-0.15, -0.1) is 5.10 Å². The summed E-state index contributed by atoms with van der Waals surface area (Å²) in [5.41, 5.74) is 9.00. The number of fused-ring (bicyclic) bond motifs is 2. The highest BCUT2D eigenvalue weighted by Crippen LogP contribution is 2.40. The zero-order valence-corrected chi connectivity index (χ0v) is 20.6. The summed E-state index contributed by atoms with van der Waals surface area (Å²) in [4.78, 5) is 14.0. The molecule has 0 bridgehead atoms. The smallest absolute Gasteiger partial charge is 0.248 e. The fourth-order valence-electron chi connectivity index (χ4n) is 4.43. The van der Waals surface area contributed by atoms with Crippen molar-refractivity contribution in [1.82, 2.24) is 19.7 Å². The number of aliphatic imine (C=N–C) groups is 1. The zero-order valence-electron chi connectivity index (χ0n) is 19.8. The van der Waals surface area contributed by atoms with Crippen LogP contribution in [-0.4, -0.2) is 51.7 Å². The lowest BCUT2D eigenvalue weighted by Crippen LogP contribution is -2.25. The number of hydrogen-bond donors (Lipinski definition) is 2. The molecule has 0 unspecified atom stereocenters. The summed E-state index contributed by atoms with van der Waals surface area (Å²) in [5.74, 6) is 2.15. The molecule has 3 heterocycles. The summed E-state index contributed by atoms with van der Waals surface area (Å²) >= 11 is 1.68. The Morgan fingerprint density at radius 3 is 2.50 bits per heavy atom. The van der Waals surface area contributed by atoms with E-state index < -0.39 is 0 Å². The van der Waals surface area contributed by atoms with Crippen LogP contribution in [0.4, 0.5) is 23.3 Å². The van der Waals surface area contributed by atoms with Gasteiger partial charge in [-0.05, 0) is 68.4 Å². The summed E-state index contributed by atoms with van der Waals surface area (Å²) in [6.07, 6.45) is 2.58. The van der Waals surface area contributed by atoms with E-state index in [0.29, 0.717) is 18.4 Å². The van der Waals surface area contributed by atoms with Crippen LogP contribution in [0.5, 0.6) is 5.75 Å². The minimum atomic E-state index is 0.261. The molecule has 3 N–H and O–H groups in total. The van der Waals surface area contributed by atoms with Gasteiger partial charge < -0.3 is 15.8 Å². The van der Waals surface area contributed by atoms with E-state index in [2.05, 4.69) is 32.4 Å². The van der Waals surface area contributed by atoms with E-state index in [-0.39, 0.29) is 5.95 Å². The number of aromatic nitrogens is 3. The molecule has 182 valence electrons. The molecule has 1 saturated heterocycles. The number of nitrogens with two attached hydrogens (primary N) is 1. The molecule has 0 spiro atoms. The van der Waals surface area contributed by atoms with Crippen molar-refractivity contribution in [2.45, 2.75) is 22.6 Å². The van der Waals surface area contributed by atoms with Gasteiger partial charge in [-0.3, -0.25) is 4.90 Å². The first-order valence-corrected chi connectivity index (χ1v) is 12.9. The Bertz CT molecular complexity index is 1390. The molecule has 6 rings (SSSR count). The molecule has 36 heavy (non-hydrogen) atoms. The van der Waals surface area contributed by atoms with Crippen molar-refractivity contribution in [3.05, 3.63) is 78.4 Å². The van der Waals surface area contributed by atoms with Gasteiger partial charge in [-0.25, -0.2) is 4.99 Å². The number of nitrogens with one attached hydrogen (secondary N) is 1. The van der Waals surface area contributed by atoms with E-state index in [9.17, 15) is 0 Å². The molecule has 1 aromatic heterocycles. The molecule has 0 saturated carbocycles. The van der Waals surface area contributed by atoms with Gasteiger partial charge >= 0.3 is 0 Å². The Morgan fingerprint density at radius 1 is 0.917 bits per heavy atom. The van der Waals surface area contributed by atoms with Gasteiger partial charge in [0.15, 0.2) is 5.84 Å². The summed E-state index contributed by atoms with van der Waals surface area (Å²) in [6.45, 7) is 4.02. The van der Waals surface area contributed by atoms with E-state index in [4.69, 9.17) is 15.5 Å². The van der Waals surface area contributed by atoms with E-state index in [0.717, 1.165) is 39.0 Å². The molecule has 0 atom stereocenters. The Balaban J connectivity index is 1.20. The minimum Gasteiger partial charge on any atom is -0.492 e. The second-order valence-electron chi connectivity index (χ2n) is 8.75. The van der Waals surface area contributed by atoms with Crippen LogP contribution in [0.3, 0.4) is 0 Å². The van der Waals surface area contributed by atoms with E-state index >= 15 is 0 Å². The van der Waals surface area contributed by atoms with Gasteiger partial charge in [-0.2, -0.15) is 9.67 Å². The van der Waals surface area contributed by atoms with Crippen molar-refractivity contribution in [2.75, 3.05) is 37.3 Å². The predicted molar refractivity (Wildman–Crippen MR) is 144 cm³/mol. The van der Waals surface area contributed by atoms with Crippen LogP contribution in [0.15, 0.2) is 87.6 Å². The van der Waals surface area contributed by atoms with Crippen molar-refractivity contribution in [3.8, 4) is 5.75 Å². The van der Waals surface area contributed by atoms with Crippen molar-refractivity contribution in [3.63, 3.8) is 0 Å². The lowest BCUT2D eigenvalue weighted by molar-refractivity contribution is 0.238. The molecule has 9 heteroatoms. The van der Waals surface area contributed by atoms with Crippen LogP contribution >= 0.6 is 11.8 Å². The lowest BCUT2D eigenvalue weighted by Gasteiger charge is -2.15. The molecule has 2 aliphatic rings. The first-order valence-electron chi connectivity index (χ1n) is 12.1. The Kier molecular flexibility index (Phi) is 6.31. The van der Waals surface area contributed by atoms with Crippen molar-refractivity contribution in [1.29, 1.82) is 0 Å². The van der Waals surface area contributed by atoms with Gasteiger partial charge in [0.2, 0.25) is 11.9 Å². The highest BCUT2D eigenvalue weighted by molar-refractivity contribution is 7.99. The maximum absolute atomic E-state index is 6.32. The third-order valence-corrected chi connectivity index (χ3v) is 7.40. The summed E-state index contributed by atoms with van der Waals surface area (Å²) in [6, 6.07) is 24.0. The monoisotopic (exact) mass is 497 g/mol. The standard InChI is InChI=1S/C27H27N7OS/c28-26-31-27(29-19-11-13-20(14-12-19)35-18-17-33-15-5-6-16-33)32-34(26)25-21-7-1-3-9-23(21)36-24-10-4-2-8-22(24)30-25/h1-4,7-14H,5-6,15-18H2,(H3,28,29,31,32). The molecule has 2 aliphatic heterocycles. The largest absolute Gasteiger partial charge is 0.492 e. The fraction of sp³-hybridized carbons (Fsp3) is 0.222. The third kappa shape index (κ3) is 4.80. The summed E-state index contributed by atoms with van der Waals surface area (Å²) in [5, 5.41) is 7.89. The molecule has 0 amide bonds. The minimum absolute atomic E-state index is 0.261. The van der Waals surface area contributed by atoms with Crippen molar-refractivity contribution < 1.29 is 4.74 Å². The van der Waals surface area contributed by atoms with Crippen LogP contribution in [0.2, 0.25) is 0 Å². The maximum atomic E-state index is 6.32. The van der Waals surface area contributed by atoms with Crippen molar-refractivity contribution in [2.24, 2.45) is 4.99 Å². The number of para-hydroxylation sites is 1. The van der Waals surface area contributed by atoms with Gasteiger partial charge in [0.25, 0.3) is 0 Å². The molecule has 3 aromatic carbocycles. The Morgan fingerprint density at radius 2 is 1.67 bits per heavy atom. The quantitative estimate of drug-likeness (QED) is 0.334. The molecule has 8 nitrogen and oxygen atoms in total. The molecule has 1 fully saturated rings. The number of nitrogen functional groups attached to an aromatic ring is 1. The molecule has 0 radical (unpaired) electrons. The van der Waals surface area contributed by atoms with Gasteiger partial charge in [-0.1, -0.05) is 42.1 Å². The van der Waals surface area contributed by atoms with E-state index in [1.165, 1.54) is 25.9 Å². The first-order chi connectivity index (χ1) is 17.7. The summed E-state index contributed by atoms with van der Waals surface area (Å²) in [7, 11) is 0. The van der Waals surface area contributed by atoms with Gasteiger partial charge in [0.05, 0.1) is 5.69 Å². The normalized spacial score (nSPS) is 15.1. The number of nitrogens with zero attached hydrogens (tertiary/aromatic N) is 5. The fourth-order valence-corrected chi connectivity index (χ4v) is 5.44. The number of anilines is 3. The number of benzene rings is 3. The third-order valence-electron chi connectivity index (χ3n) is 6.26. The lowest BCUT2D eigenvalue weighted by atomic mass is 10.2. The maximum Gasteiger partial charge on any atom is 0.248 e. The number of rotatable bonds is 6. The van der Waals surface area contributed by atoms with E-state index in [1.807, 2.05) is 60.7 Å². The van der Waals surface area contributed by atoms with Crippen LogP contribution < -0.4 is 15.8 Å². The second kappa shape index (κ2) is 10.0. The predicted octanol–water partition coefficient (Wildman–Crippen LogP) is 5.17. The first kappa shape index (κ1) is 22.6. The van der Waals surface area contributed by atoms with Crippen LogP contribution in [0.25, 0.3) is 0 Å². The summed E-state index contributed by atoms with van der Waals surface area (Å²) < 4.78 is 7.50. The van der Waals surface area contributed by atoms with Crippen LogP contribution in [0.1, 0.15) is 18.4 Å². The van der Waals surface area contributed by atoms with Gasteiger partial charge in [0.1, 0.15) is 12.4 Å². The Hall–Kier alpha value is -3.82. The van der Waals surface area contributed by atoms with Gasteiger partial charge in [0, 0.05) is 27.6 Å². The average Bonchev–Trinajstić information content (AvgIpc) is 3.50. The number of ether oxygens (including phenoxy) is 1. The number of hydrogen-bond acceptors (Lipinski definition) is 8. The van der Waals surface area contributed by atoms with Crippen LogP contribution in [0, 0.1) is 0 Å². The van der Waals surface area contributed by atoms with Crippen molar-refractivity contribution >= 4 is 40.9 Å². The average molecular weight is 498 g/mol. The topological polar surface area (TPSA) is 93.6 Å². The zero-order chi connectivity index (χ0) is 24.3. The second-order valence-corrected chi connectivity index (χ2v) is 9.84. The highest BCUT2D eigenvalue weighted by atomic mass is 32.2. The molecule has 0 aliphatic carbocycles. The number of likely N-dealkylation sites (tertiary alicyclic amines) is 1. The molecule has 4 aromatic rings. The highest BCUT2D eigenvalue weighted by Gasteiger charge is 2.22. The molecular weight excluding hydrogens is 470 g/mol. The van der Waals surface area contributed by atoms with Crippen LogP contribution in [-0.2, 0) is 0 Å². The van der Waals surface area contributed by atoms with E-state index in [1.54, 1.807) is 16.4 Å². The SMILES string of the molecule is Nc1nc(Nc2ccc(OCCN3CCCC3)cc2)nn1C1=Nc2ccccc2Sc2ccccc21. The Labute approximate surface area is 214 Å².